The molecule has 3 nitrogen and oxygen atoms in total. The Morgan fingerprint density at radius 2 is 1.81 bits per heavy atom. The zero-order valence-electron chi connectivity index (χ0n) is 13.1. The standard InChI is InChI=1S/C18H28N2O/c1-20(16-11-7-2-3-8-12-16)18(21)17(19)14-13-15-9-5-4-6-10-15/h4-6,9-10,16-17H,2-3,7-8,11-14,19H2,1H3. The van der Waals surface area contributed by atoms with Crippen LogP contribution in [-0.4, -0.2) is 29.9 Å². The fourth-order valence-electron chi connectivity index (χ4n) is 3.18. The van der Waals surface area contributed by atoms with E-state index in [2.05, 4.69) is 12.1 Å². The minimum Gasteiger partial charge on any atom is -0.341 e. The van der Waals surface area contributed by atoms with Crippen LogP contribution in [0.15, 0.2) is 30.3 Å². The minimum absolute atomic E-state index is 0.109. The second-order valence-corrected chi connectivity index (χ2v) is 6.23. The quantitative estimate of drug-likeness (QED) is 0.846. The van der Waals surface area contributed by atoms with Gasteiger partial charge in [0.15, 0.2) is 0 Å². The Hall–Kier alpha value is -1.35. The first kappa shape index (κ1) is 16.0. The number of aryl methyl sites for hydroxylation is 1. The first-order valence-corrected chi connectivity index (χ1v) is 8.24. The van der Waals surface area contributed by atoms with Crippen molar-refractivity contribution in [2.45, 2.75) is 63.5 Å². The monoisotopic (exact) mass is 288 g/mol. The van der Waals surface area contributed by atoms with E-state index in [9.17, 15) is 4.79 Å². The third kappa shape index (κ3) is 4.85. The van der Waals surface area contributed by atoms with Gasteiger partial charge in [0.25, 0.3) is 0 Å². The fraction of sp³-hybridized carbons (Fsp3) is 0.611. The van der Waals surface area contributed by atoms with Gasteiger partial charge < -0.3 is 10.6 Å². The first-order valence-electron chi connectivity index (χ1n) is 8.24. The fourth-order valence-corrected chi connectivity index (χ4v) is 3.18. The molecule has 1 aliphatic rings. The molecule has 0 bridgehead atoms. The number of nitrogens with zero attached hydrogens (tertiary/aromatic N) is 1. The van der Waals surface area contributed by atoms with Crippen LogP contribution in [-0.2, 0) is 11.2 Å². The molecule has 0 saturated heterocycles. The van der Waals surface area contributed by atoms with E-state index in [1.54, 1.807) is 0 Å². The molecule has 1 aromatic carbocycles. The van der Waals surface area contributed by atoms with Gasteiger partial charge in [0, 0.05) is 13.1 Å². The van der Waals surface area contributed by atoms with Gasteiger partial charge in [0.05, 0.1) is 6.04 Å². The van der Waals surface area contributed by atoms with Crippen molar-refractivity contribution in [1.82, 2.24) is 4.90 Å². The molecule has 1 fully saturated rings. The molecule has 1 unspecified atom stereocenters. The van der Waals surface area contributed by atoms with E-state index >= 15 is 0 Å². The van der Waals surface area contributed by atoms with Crippen molar-refractivity contribution in [2.24, 2.45) is 5.73 Å². The van der Waals surface area contributed by atoms with Gasteiger partial charge in [-0.3, -0.25) is 4.79 Å². The molecule has 1 amide bonds. The Labute approximate surface area is 128 Å². The van der Waals surface area contributed by atoms with E-state index in [0.29, 0.717) is 6.04 Å². The average Bonchev–Trinajstić information content (AvgIpc) is 2.81. The Balaban J connectivity index is 1.83. The number of nitrogens with two attached hydrogens (primary N) is 1. The molecule has 0 radical (unpaired) electrons. The molecule has 1 aromatic rings. The van der Waals surface area contributed by atoms with E-state index in [1.807, 2.05) is 30.1 Å². The predicted octanol–water partition coefficient (Wildman–Crippen LogP) is 3.13. The van der Waals surface area contributed by atoms with Crippen LogP contribution in [0.5, 0.6) is 0 Å². The van der Waals surface area contributed by atoms with Crippen molar-refractivity contribution in [3.63, 3.8) is 0 Å². The highest BCUT2D eigenvalue weighted by molar-refractivity contribution is 5.81. The molecule has 2 rings (SSSR count). The summed E-state index contributed by atoms with van der Waals surface area (Å²) in [7, 11) is 1.93. The molecule has 1 aliphatic carbocycles. The van der Waals surface area contributed by atoms with Crippen molar-refractivity contribution >= 4 is 5.91 Å². The Morgan fingerprint density at radius 3 is 2.43 bits per heavy atom. The normalized spacial score (nSPS) is 18.0. The van der Waals surface area contributed by atoms with Crippen LogP contribution in [0.4, 0.5) is 0 Å². The summed E-state index contributed by atoms with van der Waals surface area (Å²) in [6, 6.07) is 10.3. The molecule has 1 saturated carbocycles. The molecule has 21 heavy (non-hydrogen) atoms. The van der Waals surface area contributed by atoms with Gasteiger partial charge in [0.1, 0.15) is 0 Å². The van der Waals surface area contributed by atoms with Gasteiger partial charge in [-0.15, -0.1) is 0 Å². The molecule has 0 spiro atoms. The summed E-state index contributed by atoms with van der Waals surface area (Å²) >= 11 is 0. The summed E-state index contributed by atoms with van der Waals surface area (Å²) in [4.78, 5) is 14.4. The van der Waals surface area contributed by atoms with Crippen LogP contribution in [0.2, 0.25) is 0 Å². The number of hydrogen-bond donors (Lipinski definition) is 1. The van der Waals surface area contributed by atoms with Crippen LogP contribution in [0.25, 0.3) is 0 Å². The smallest absolute Gasteiger partial charge is 0.239 e. The molecule has 1 atom stereocenters. The third-order valence-corrected chi connectivity index (χ3v) is 4.62. The average molecular weight is 288 g/mol. The maximum absolute atomic E-state index is 12.5. The van der Waals surface area contributed by atoms with E-state index in [-0.39, 0.29) is 11.9 Å². The van der Waals surface area contributed by atoms with Crippen LogP contribution in [0.1, 0.15) is 50.5 Å². The highest BCUT2D eigenvalue weighted by Gasteiger charge is 2.24. The number of hydrogen-bond acceptors (Lipinski definition) is 2. The summed E-state index contributed by atoms with van der Waals surface area (Å²) < 4.78 is 0. The lowest BCUT2D eigenvalue weighted by Crippen LogP contribution is -2.46. The number of carbonyl (C=O) groups is 1. The van der Waals surface area contributed by atoms with Crippen LogP contribution in [0, 0.1) is 0 Å². The summed E-state index contributed by atoms with van der Waals surface area (Å²) in [5.74, 6) is 0.109. The van der Waals surface area contributed by atoms with E-state index in [1.165, 1.54) is 31.2 Å². The SMILES string of the molecule is CN(C(=O)C(N)CCc1ccccc1)C1CCCCCC1. The lowest BCUT2D eigenvalue weighted by molar-refractivity contribution is -0.133. The lowest BCUT2D eigenvalue weighted by atomic mass is 10.0. The number of carbonyl (C=O) groups excluding carboxylic acids is 1. The maximum atomic E-state index is 12.5. The Morgan fingerprint density at radius 1 is 1.19 bits per heavy atom. The van der Waals surface area contributed by atoms with Crippen molar-refractivity contribution in [2.75, 3.05) is 7.05 Å². The second kappa shape index (κ2) is 8.18. The van der Waals surface area contributed by atoms with Crippen LogP contribution in [0.3, 0.4) is 0 Å². The molecule has 0 aliphatic heterocycles. The lowest BCUT2D eigenvalue weighted by Gasteiger charge is -2.29. The van der Waals surface area contributed by atoms with Gasteiger partial charge in [-0.1, -0.05) is 56.0 Å². The number of benzene rings is 1. The highest BCUT2D eigenvalue weighted by Crippen LogP contribution is 2.21. The molecule has 0 heterocycles. The van der Waals surface area contributed by atoms with Crippen molar-refractivity contribution < 1.29 is 4.79 Å². The highest BCUT2D eigenvalue weighted by atomic mass is 16.2. The molecule has 2 N–H and O–H groups in total. The summed E-state index contributed by atoms with van der Waals surface area (Å²) in [5.41, 5.74) is 7.37. The van der Waals surface area contributed by atoms with E-state index < -0.39 is 0 Å². The Bertz CT molecular complexity index is 424. The predicted molar refractivity (Wildman–Crippen MR) is 87.0 cm³/mol. The Kier molecular flexibility index (Phi) is 6.24. The summed E-state index contributed by atoms with van der Waals surface area (Å²) in [5, 5.41) is 0. The number of amides is 1. The molecular formula is C18H28N2O. The first-order chi connectivity index (χ1) is 10.2. The third-order valence-electron chi connectivity index (χ3n) is 4.62. The molecule has 0 aromatic heterocycles. The van der Waals surface area contributed by atoms with Crippen molar-refractivity contribution in [1.29, 1.82) is 0 Å². The molecule has 116 valence electrons. The van der Waals surface area contributed by atoms with Crippen LogP contribution < -0.4 is 5.73 Å². The molecular weight excluding hydrogens is 260 g/mol. The zero-order chi connectivity index (χ0) is 15.1. The number of likely N-dealkylation sites (N-methyl/N-ethyl adjacent to an activating group) is 1. The van der Waals surface area contributed by atoms with Crippen LogP contribution >= 0.6 is 0 Å². The van der Waals surface area contributed by atoms with Gasteiger partial charge in [-0.2, -0.15) is 0 Å². The van der Waals surface area contributed by atoms with E-state index in [0.717, 1.165) is 25.7 Å². The second-order valence-electron chi connectivity index (χ2n) is 6.23. The van der Waals surface area contributed by atoms with Crippen molar-refractivity contribution in [3.05, 3.63) is 35.9 Å². The van der Waals surface area contributed by atoms with Gasteiger partial charge >= 0.3 is 0 Å². The molecule has 3 heteroatoms. The van der Waals surface area contributed by atoms with E-state index in [4.69, 9.17) is 5.73 Å². The summed E-state index contributed by atoms with van der Waals surface area (Å²) in [6.45, 7) is 0. The maximum Gasteiger partial charge on any atom is 0.239 e. The minimum atomic E-state index is -0.376. The largest absolute Gasteiger partial charge is 0.341 e. The zero-order valence-corrected chi connectivity index (χ0v) is 13.1. The topological polar surface area (TPSA) is 46.3 Å². The van der Waals surface area contributed by atoms with Crippen molar-refractivity contribution in [3.8, 4) is 0 Å². The van der Waals surface area contributed by atoms with Gasteiger partial charge in [-0.05, 0) is 31.2 Å². The summed E-state index contributed by atoms with van der Waals surface area (Å²) in [6.07, 6.45) is 8.94. The van der Waals surface area contributed by atoms with Gasteiger partial charge in [0.2, 0.25) is 5.91 Å². The number of rotatable bonds is 5. The van der Waals surface area contributed by atoms with Gasteiger partial charge in [-0.25, -0.2) is 0 Å².